The lowest BCUT2D eigenvalue weighted by molar-refractivity contribution is -0.219. The summed E-state index contributed by atoms with van der Waals surface area (Å²) < 4.78 is 17.5. The fraction of sp³-hybridized carbons (Fsp3) is 0.656. The summed E-state index contributed by atoms with van der Waals surface area (Å²) in [5.74, 6) is -3.49. The number of halogens is 1. The van der Waals surface area contributed by atoms with Crippen LogP contribution in [0.3, 0.4) is 0 Å². The first-order valence-electron chi connectivity index (χ1n) is 15.2. The van der Waals surface area contributed by atoms with Crippen molar-refractivity contribution >= 4 is 29.2 Å². The van der Waals surface area contributed by atoms with E-state index in [1.54, 1.807) is 32.9 Å². The van der Waals surface area contributed by atoms with E-state index in [4.69, 9.17) is 0 Å². The van der Waals surface area contributed by atoms with Gasteiger partial charge in [0, 0.05) is 28.9 Å². The van der Waals surface area contributed by atoms with Gasteiger partial charge >= 0.3 is 0 Å². The van der Waals surface area contributed by atoms with Gasteiger partial charge in [-0.25, -0.2) is 4.39 Å². The van der Waals surface area contributed by atoms with Gasteiger partial charge in [-0.2, -0.15) is 0 Å². The van der Waals surface area contributed by atoms with Gasteiger partial charge in [0.1, 0.15) is 12.2 Å². The minimum atomic E-state index is -2.03. The number of aliphatic imine (C=N–C) groups is 1. The standard InChI is InChI=1S/C32H45FN4O7/c1-18(2)28(43)37-16-27(42)36-15-26(41)35-11-10-34-21-8-9-29(4)20(13-21)6-7-22-23-12-19(3)32(44,25(40)17-38)30(23,5)14-24(39)31(22,29)33/h8-9,13,19,22-24,38-39,44H,1,6-7,10-12,14-17H2,2-5H3,(H,35,41)(H,36,42)(H,37,43)/t19-,22+,23+,24+,29+,30+,31+,32+/m1/s1. The molecule has 12 heteroatoms. The molecule has 0 spiro atoms. The third kappa shape index (κ3) is 5.34. The Morgan fingerprint density at radius 1 is 1.11 bits per heavy atom. The van der Waals surface area contributed by atoms with Crippen LogP contribution in [0.25, 0.3) is 0 Å². The van der Waals surface area contributed by atoms with Crippen LogP contribution in [0.1, 0.15) is 53.4 Å². The van der Waals surface area contributed by atoms with Crippen LogP contribution in [0.15, 0.2) is 40.9 Å². The minimum absolute atomic E-state index is 0.0990. The molecule has 0 aromatic carbocycles. The average Bonchev–Trinajstić information content (AvgIpc) is 3.18. The molecule has 3 amide bonds. The summed E-state index contributed by atoms with van der Waals surface area (Å²) in [6, 6.07) is 0. The SMILES string of the molecule is C=C(C)C(=O)NCC(=O)NCC(=O)NCCN=C1C=C[C@@]2(C)C(=C1)CC[C@H]1[C@@H]3C[C@@H](C)[C@](O)(C(=O)CO)[C@@]3(C)C[C@H](O)[C@@]12F. The summed E-state index contributed by atoms with van der Waals surface area (Å²) in [6.45, 7) is 9.41. The molecule has 0 bridgehead atoms. The van der Waals surface area contributed by atoms with Crippen molar-refractivity contribution in [2.24, 2.45) is 33.6 Å². The smallest absolute Gasteiger partial charge is 0.246 e. The summed E-state index contributed by atoms with van der Waals surface area (Å²) in [7, 11) is 0. The topological polar surface area (TPSA) is 177 Å². The summed E-state index contributed by atoms with van der Waals surface area (Å²) in [4.78, 5) is 52.6. The lowest BCUT2D eigenvalue weighted by Gasteiger charge is -2.62. The Morgan fingerprint density at radius 3 is 2.43 bits per heavy atom. The Morgan fingerprint density at radius 2 is 1.77 bits per heavy atom. The molecular formula is C32H45FN4O7. The molecule has 0 unspecified atom stereocenters. The quantitative estimate of drug-likeness (QED) is 0.155. The van der Waals surface area contributed by atoms with E-state index in [0.717, 1.165) is 5.57 Å². The minimum Gasteiger partial charge on any atom is -0.390 e. The number of carbonyl (C=O) groups is 4. The Labute approximate surface area is 257 Å². The second kappa shape index (κ2) is 12.3. The van der Waals surface area contributed by atoms with Crippen molar-refractivity contribution < 1.29 is 38.9 Å². The van der Waals surface area contributed by atoms with Crippen molar-refractivity contribution in [1.82, 2.24) is 16.0 Å². The van der Waals surface area contributed by atoms with Crippen molar-refractivity contribution in [3.05, 3.63) is 36.0 Å². The molecule has 4 aliphatic carbocycles. The maximum absolute atomic E-state index is 17.5. The number of hydrogen-bond donors (Lipinski definition) is 6. The van der Waals surface area contributed by atoms with Crippen LogP contribution in [0.2, 0.25) is 0 Å². The van der Waals surface area contributed by atoms with E-state index in [0.29, 0.717) is 25.0 Å². The van der Waals surface area contributed by atoms with Crippen LogP contribution < -0.4 is 16.0 Å². The van der Waals surface area contributed by atoms with E-state index in [1.807, 2.05) is 6.08 Å². The Bertz CT molecular complexity index is 1330. The highest BCUT2D eigenvalue weighted by atomic mass is 19.1. The number of ketones is 1. The van der Waals surface area contributed by atoms with Crippen LogP contribution >= 0.6 is 0 Å². The van der Waals surface area contributed by atoms with E-state index in [1.165, 1.54) is 6.92 Å². The highest BCUT2D eigenvalue weighted by Crippen LogP contribution is 2.70. The van der Waals surface area contributed by atoms with Crippen LogP contribution in [0, 0.1) is 28.6 Å². The van der Waals surface area contributed by atoms with Gasteiger partial charge in [0.05, 0.1) is 31.4 Å². The predicted octanol–water partition coefficient (Wildman–Crippen LogP) is 0.692. The summed E-state index contributed by atoms with van der Waals surface area (Å²) in [5.41, 5.74) is -4.35. The van der Waals surface area contributed by atoms with E-state index in [2.05, 4.69) is 27.5 Å². The zero-order valence-electron chi connectivity index (χ0n) is 25.9. The zero-order valence-corrected chi connectivity index (χ0v) is 25.9. The summed E-state index contributed by atoms with van der Waals surface area (Å²) in [5, 5.41) is 40.1. The molecule has 4 aliphatic rings. The van der Waals surface area contributed by atoms with Crippen LogP contribution in [-0.2, 0) is 19.2 Å². The Kier molecular flexibility index (Phi) is 9.40. The first kappa shape index (κ1) is 33.7. The van der Waals surface area contributed by atoms with Gasteiger partial charge in [-0.3, -0.25) is 24.2 Å². The molecule has 242 valence electrons. The van der Waals surface area contributed by atoms with E-state index >= 15 is 4.39 Å². The number of hydrogen-bond acceptors (Lipinski definition) is 8. The number of rotatable bonds is 10. The number of Topliss-reactive ketones (excluding diaryl/α,β-unsaturated/α-hetero) is 1. The normalized spacial score (nSPS) is 38.1. The van der Waals surface area contributed by atoms with Crippen molar-refractivity contribution in [2.45, 2.75) is 70.8 Å². The van der Waals surface area contributed by atoms with E-state index in [9.17, 15) is 34.5 Å². The lowest BCUT2D eigenvalue weighted by Crippen LogP contribution is -2.69. The maximum Gasteiger partial charge on any atom is 0.246 e. The van der Waals surface area contributed by atoms with Crippen LogP contribution in [0.5, 0.6) is 0 Å². The molecule has 4 rings (SSSR count). The van der Waals surface area contributed by atoms with Gasteiger partial charge in [0.15, 0.2) is 11.5 Å². The van der Waals surface area contributed by atoms with E-state index in [-0.39, 0.29) is 44.1 Å². The first-order valence-corrected chi connectivity index (χ1v) is 15.2. The highest BCUT2D eigenvalue weighted by Gasteiger charge is 2.75. The van der Waals surface area contributed by atoms with Gasteiger partial charge in [-0.15, -0.1) is 0 Å². The van der Waals surface area contributed by atoms with Gasteiger partial charge in [0.2, 0.25) is 17.7 Å². The first-order chi connectivity index (χ1) is 20.6. The molecule has 0 aromatic heterocycles. The number of allylic oxidation sites excluding steroid dienone is 4. The Hall–Kier alpha value is -3.22. The third-order valence-electron chi connectivity index (χ3n) is 10.8. The molecular weight excluding hydrogens is 571 g/mol. The molecule has 0 heterocycles. The monoisotopic (exact) mass is 616 g/mol. The van der Waals surface area contributed by atoms with Crippen molar-refractivity contribution in [1.29, 1.82) is 0 Å². The predicted molar refractivity (Wildman–Crippen MR) is 161 cm³/mol. The number of amides is 3. The maximum atomic E-state index is 17.5. The van der Waals surface area contributed by atoms with E-state index < -0.39 is 70.2 Å². The highest BCUT2D eigenvalue weighted by molar-refractivity contribution is 6.06. The second-order valence-corrected chi connectivity index (χ2v) is 13.2. The number of aliphatic hydroxyl groups excluding tert-OH is 2. The Balaban J connectivity index is 1.37. The number of nitrogens with one attached hydrogen (secondary N) is 3. The molecule has 11 nitrogen and oxygen atoms in total. The largest absolute Gasteiger partial charge is 0.390 e. The molecule has 0 saturated heterocycles. The number of alkyl halides is 1. The van der Waals surface area contributed by atoms with Gasteiger partial charge in [-0.1, -0.05) is 32.1 Å². The molecule has 3 saturated carbocycles. The zero-order chi connectivity index (χ0) is 32.7. The second-order valence-electron chi connectivity index (χ2n) is 13.2. The van der Waals surface area contributed by atoms with Crippen molar-refractivity contribution in [3.63, 3.8) is 0 Å². The van der Waals surface area contributed by atoms with Crippen molar-refractivity contribution in [3.8, 4) is 0 Å². The van der Waals surface area contributed by atoms with Gasteiger partial charge in [0.25, 0.3) is 0 Å². The summed E-state index contributed by atoms with van der Waals surface area (Å²) >= 11 is 0. The number of aliphatic hydroxyl groups is 3. The van der Waals surface area contributed by atoms with Crippen LogP contribution in [0.4, 0.5) is 4.39 Å². The molecule has 3 fully saturated rings. The average molecular weight is 617 g/mol. The molecule has 0 radical (unpaired) electrons. The molecule has 8 atom stereocenters. The van der Waals surface area contributed by atoms with Gasteiger partial charge < -0.3 is 31.3 Å². The third-order valence-corrected chi connectivity index (χ3v) is 10.8. The van der Waals surface area contributed by atoms with Gasteiger partial charge in [-0.05, 0) is 63.5 Å². The molecule has 6 N–H and O–H groups in total. The lowest BCUT2D eigenvalue weighted by atomic mass is 9.44. The summed E-state index contributed by atoms with van der Waals surface area (Å²) in [6.07, 6.45) is 5.19. The van der Waals surface area contributed by atoms with Crippen LogP contribution in [-0.4, -0.2) is 94.7 Å². The number of carbonyl (C=O) groups excluding carboxylic acids is 4. The number of fused-ring (bicyclic) bond motifs is 5. The molecule has 0 aliphatic heterocycles. The fourth-order valence-electron chi connectivity index (χ4n) is 8.37. The fourth-order valence-corrected chi connectivity index (χ4v) is 8.37. The van der Waals surface area contributed by atoms with Crippen molar-refractivity contribution in [2.75, 3.05) is 32.8 Å². The molecule has 0 aromatic rings. The number of nitrogens with zero attached hydrogens (tertiary/aromatic N) is 1. The molecule has 44 heavy (non-hydrogen) atoms.